The van der Waals surface area contributed by atoms with Crippen molar-refractivity contribution in [3.63, 3.8) is 0 Å². The molecule has 2 aromatic heterocycles. The van der Waals surface area contributed by atoms with Crippen LogP contribution in [0.15, 0.2) is 67.0 Å². The Hall–Kier alpha value is -3.45. The number of halogens is 2. The topological polar surface area (TPSA) is 64.7 Å². The second kappa shape index (κ2) is 7.89. The zero-order chi connectivity index (χ0) is 20.4. The van der Waals surface area contributed by atoms with E-state index in [0.29, 0.717) is 28.6 Å². The summed E-state index contributed by atoms with van der Waals surface area (Å²) in [7, 11) is 0. The number of hydrogen-bond acceptors (Lipinski definition) is 3. The molecule has 0 aliphatic rings. The number of benzene rings is 2. The summed E-state index contributed by atoms with van der Waals surface area (Å²) in [5.41, 5.74) is 1.81. The predicted molar refractivity (Wildman–Crippen MR) is 109 cm³/mol. The molecule has 2 heterocycles. The number of carbonyl (C=O) groups is 1. The van der Waals surface area contributed by atoms with Crippen LogP contribution in [-0.4, -0.2) is 25.5 Å². The van der Waals surface area contributed by atoms with Gasteiger partial charge in [0.05, 0.1) is 6.54 Å². The quantitative estimate of drug-likeness (QED) is 0.529. The first-order valence-corrected chi connectivity index (χ1v) is 9.28. The Morgan fingerprint density at radius 3 is 2.62 bits per heavy atom. The monoisotopic (exact) mass is 409 g/mol. The number of aromatic nitrogens is 4. The Morgan fingerprint density at radius 2 is 1.90 bits per heavy atom. The second-order valence-electron chi connectivity index (χ2n) is 6.52. The Morgan fingerprint density at radius 1 is 1.14 bits per heavy atom. The highest BCUT2D eigenvalue weighted by Gasteiger charge is 2.22. The van der Waals surface area contributed by atoms with Gasteiger partial charge in [-0.15, -0.1) is 5.10 Å². The Kier molecular flexibility index (Phi) is 5.14. The minimum absolute atomic E-state index is 0.120. The molecule has 29 heavy (non-hydrogen) atoms. The molecule has 146 valence electrons. The van der Waals surface area contributed by atoms with Crippen LogP contribution in [0.5, 0.6) is 0 Å². The standard InChI is InChI=1S/C21H17ClFN5O/c1-14-8-9-16(12-18(14)23)24-20(29)19-21(27-10-4-5-11-27)28(26-25-19)13-15-6-2-3-7-17(15)22/h2-12H,13H2,1H3,(H,24,29). The fourth-order valence-corrected chi connectivity index (χ4v) is 3.14. The van der Waals surface area contributed by atoms with Crippen LogP contribution in [0.25, 0.3) is 5.82 Å². The van der Waals surface area contributed by atoms with Gasteiger partial charge in [-0.25, -0.2) is 9.07 Å². The first-order chi connectivity index (χ1) is 14.0. The van der Waals surface area contributed by atoms with Crippen molar-refractivity contribution in [2.45, 2.75) is 13.5 Å². The maximum Gasteiger partial charge on any atom is 0.280 e. The Labute approximate surface area is 171 Å². The predicted octanol–water partition coefficient (Wildman–Crippen LogP) is 4.47. The second-order valence-corrected chi connectivity index (χ2v) is 6.93. The van der Waals surface area contributed by atoms with Crippen LogP contribution in [0, 0.1) is 12.7 Å². The molecule has 4 rings (SSSR count). The minimum Gasteiger partial charge on any atom is -0.320 e. The molecule has 0 fully saturated rings. The van der Waals surface area contributed by atoms with E-state index in [1.165, 1.54) is 6.07 Å². The highest BCUT2D eigenvalue weighted by atomic mass is 35.5. The van der Waals surface area contributed by atoms with Crippen LogP contribution in [0.2, 0.25) is 5.02 Å². The molecular formula is C21H17ClFN5O. The number of nitrogens with one attached hydrogen (secondary N) is 1. The third-order valence-electron chi connectivity index (χ3n) is 4.48. The Balaban J connectivity index is 1.70. The van der Waals surface area contributed by atoms with Gasteiger partial charge in [0, 0.05) is 23.1 Å². The van der Waals surface area contributed by atoms with Gasteiger partial charge in [-0.05, 0) is 48.4 Å². The fraction of sp³-hybridized carbons (Fsp3) is 0.0952. The third-order valence-corrected chi connectivity index (χ3v) is 4.85. The van der Waals surface area contributed by atoms with E-state index < -0.39 is 11.7 Å². The lowest BCUT2D eigenvalue weighted by Crippen LogP contribution is -2.17. The number of rotatable bonds is 5. The highest BCUT2D eigenvalue weighted by molar-refractivity contribution is 6.31. The minimum atomic E-state index is -0.484. The van der Waals surface area contributed by atoms with Crippen molar-refractivity contribution in [1.82, 2.24) is 19.6 Å². The normalized spacial score (nSPS) is 10.9. The summed E-state index contributed by atoms with van der Waals surface area (Å²) in [4.78, 5) is 12.9. The summed E-state index contributed by atoms with van der Waals surface area (Å²) >= 11 is 6.27. The van der Waals surface area contributed by atoms with E-state index in [2.05, 4.69) is 15.6 Å². The number of hydrogen-bond donors (Lipinski definition) is 1. The highest BCUT2D eigenvalue weighted by Crippen LogP contribution is 2.21. The average Bonchev–Trinajstić information content (AvgIpc) is 3.36. The first kappa shape index (κ1) is 18.9. The van der Waals surface area contributed by atoms with Gasteiger partial charge in [-0.1, -0.05) is 41.1 Å². The van der Waals surface area contributed by atoms with Gasteiger partial charge in [0.15, 0.2) is 11.5 Å². The van der Waals surface area contributed by atoms with Crippen molar-refractivity contribution in [1.29, 1.82) is 0 Å². The van der Waals surface area contributed by atoms with Gasteiger partial charge in [0.2, 0.25) is 0 Å². The van der Waals surface area contributed by atoms with Crippen molar-refractivity contribution in [2.24, 2.45) is 0 Å². The van der Waals surface area contributed by atoms with Crippen molar-refractivity contribution in [3.05, 3.63) is 94.7 Å². The van der Waals surface area contributed by atoms with E-state index in [0.717, 1.165) is 5.56 Å². The molecule has 4 aromatic rings. The SMILES string of the molecule is Cc1ccc(NC(=O)c2nnn(Cc3ccccc3Cl)c2-n2cccc2)cc1F. The molecule has 0 aliphatic heterocycles. The smallest absolute Gasteiger partial charge is 0.280 e. The lowest BCUT2D eigenvalue weighted by Gasteiger charge is -2.11. The largest absolute Gasteiger partial charge is 0.320 e. The molecule has 0 aliphatic carbocycles. The molecule has 0 atom stereocenters. The first-order valence-electron chi connectivity index (χ1n) is 8.90. The zero-order valence-corrected chi connectivity index (χ0v) is 16.3. The van der Waals surface area contributed by atoms with Gasteiger partial charge in [-0.2, -0.15) is 0 Å². The molecule has 6 nitrogen and oxygen atoms in total. The number of anilines is 1. The molecule has 0 unspecified atom stereocenters. The van der Waals surface area contributed by atoms with E-state index in [-0.39, 0.29) is 5.69 Å². The summed E-state index contributed by atoms with van der Waals surface area (Å²) in [6.07, 6.45) is 3.59. The van der Waals surface area contributed by atoms with Crippen LogP contribution < -0.4 is 5.32 Å². The average molecular weight is 410 g/mol. The lowest BCUT2D eigenvalue weighted by atomic mass is 10.2. The van der Waals surface area contributed by atoms with E-state index in [9.17, 15) is 9.18 Å². The molecular weight excluding hydrogens is 393 g/mol. The zero-order valence-electron chi connectivity index (χ0n) is 15.5. The molecule has 1 N–H and O–H groups in total. The van der Waals surface area contributed by atoms with E-state index in [4.69, 9.17) is 11.6 Å². The van der Waals surface area contributed by atoms with Crippen LogP contribution in [0.1, 0.15) is 21.6 Å². The number of aryl methyl sites for hydroxylation is 1. The van der Waals surface area contributed by atoms with Crippen LogP contribution in [-0.2, 0) is 6.54 Å². The molecule has 8 heteroatoms. The van der Waals surface area contributed by atoms with Crippen molar-refractivity contribution in [2.75, 3.05) is 5.32 Å². The van der Waals surface area contributed by atoms with Crippen LogP contribution in [0.3, 0.4) is 0 Å². The fourth-order valence-electron chi connectivity index (χ4n) is 2.94. The van der Waals surface area contributed by atoms with E-state index >= 15 is 0 Å². The van der Waals surface area contributed by atoms with Crippen LogP contribution >= 0.6 is 11.6 Å². The molecule has 0 bridgehead atoms. The molecule has 1 amide bonds. The summed E-state index contributed by atoms with van der Waals surface area (Å²) in [5, 5.41) is 11.5. The third kappa shape index (κ3) is 3.90. The number of amides is 1. The van der Waals surface area contributed by atoms with Gasteiger partial charge in [0.1, 0.15) is 5.82 Å². The number of nitrogens with zero attached hydrogens (tertiary/aromatic N) is 4. The summed E-state index contributed by atoms with van der Waals surface area (Å²) < 4.78 is 17.2. The van der Waals surface area contributed by atoms with Crippen LogP contribution in [0.4, 0.5) is 10.1 Å². The van der Waals surface area contributed by atoms with E-state index in [1.54, 1.807) is 46.8 Å². The van der Waals surface area contributed by atoms with Crippen molar-refractivity contribution in [3.8, 4) is 5.82 Å². The summed E-state index contributed by atoms with van der Waals surface area (Å²) in [6.45, 7) is 2.00. The van der Waals surface area contributed by atoms with E-state index in [1.807, 2.05) is 30.3 Å². The molecule has 0 saturated heterocycles. The number of carbonyl (C=O) groups excluding carboxylic acids is 1. The lowest BCUT2D eigenvalue weighted by molar-refractivity contribution is 0.102. The van der Waals surface area contributed by atoms with Gasteiger partial charge in [0.25, 0.3) is 5.91 Å². The van der Waals surface area contributed by atoms with Crippen molar-refractivity contribution < 1.29 is 9.18 Å². The maximum atomic E-state index is 13.8. The van der Waals surface area contributed by atoms with Crippen molar-refractivity contribution >= 4 is 23.2 Å². The van der Waals surface area contributed by atoms with Gasteiger partial charge in [-0.3, -0.25) is 4.79 Å². The maximum absolute atomic E-state index is 13.8. The molecule has 0 radical (unpaired) electrons. The molecule has 0 saturated carbocycles. The summed E-state index contributed by atoms with van der Waals surface area (Å²) in [6, 6.07) is 15.6. The molecule has 0 spiro atoms. The molecule has 2 aromatic carbocycles. The van der Waals surface area contributed by atoms with Gasteiger partial charge < -0.3 is 9.88 Å². The van der Waals surface area contributed by atoms with Gasteiger partial charge >= 0.3 is 0 Å². The summed E-state index contributed by atoms with van der Waals surface area (Å²) in [5.74, 6) is -0.391. The Bertz CT molecular complexity index is 1170.